The Balaban J connectivity index is 1.09. The predicted octanol–water partition coefficient (Wildman–Crippen LogP) is 14.2. The van der Waals surface area contributed by atoms with Crippen molar-refractivity contribution in [3.8, 4) is 22.5 Å². The molecule has 0 fully saturated rings. The number of fused-ring (bicyclic) bond motifs is 11. The minimum atomic E-state index is 1.19. The second-order valence-corrected chi connectivity index (χ2v) is 15.2. The molecule has 3 heterocycles. The largest absolute Gasteiger partial charge is 0.309 e. The number of benzene rings is 9. The molecule has 0 atom stereocenters. The molecule has 0 bridgehead atoms. The van der Waals surface area contributed by atoms with Gasteiger partial charge in [-0.05, 0) is 100 Å². The van der Waals surface area contributed by atoms with Crippen molar-refractivity contribution in [3.05, 3.63) is 182 Å². The Bertz CT molecular complexity index is 3460. The first-order valence-corrected chi connectivity index (χ1v) is 19.0. The van der Waals surface area contributed by atoms with Crippen molar-refractivity contribution < 1.29 is 0 Å². The lowest BCUT2D eigenvalue weighted by Crippen LogP contribution is -1.95. The minimum absolute atomic E-state index is 1.19. The molecule has 0 aliphatic rings. The Morgan fingerprint density at radius 1 is 0.302 bits per heavy atom. The summed E-state index contributed by atoms with van der Waals surface area (Å²) in [5.74, 6) is 0. The van der Waals surface area contributed by atoms with Gasteiger partial charge in [0.2, 0.25) is 0 Å². The Hall–Kier alpha value is -6.68. The second kappa shape index (κ2) is 10.9. The zero-order valence-corrected chi connectivity index (χ0v) is 29.4. The summed E-state index contributed by atoms with van der Waals surface area (Å²) in [6, 6.07) is 67.4. The molecule has 0 radical (unpaired) electrons. The maximum atomic E-state index is 2.47. The smallest absolute Gasteiger partial charge is 0.0547 e. The van der Waals surface area contributed by atoms with Gasteiger partial charge in [-0.1, -0.05) is 109 Å². The molecule has 3 heteroatoms. The Kier molecular flexibility index (Phi) is 5.96. The molecule has 53 heavy (non-hydrogen) atoms. The molecule has 0 saturated carbocycles. The summed E-state index contributed by atoms with van der Waals surface area (Å²) >= 11 is 1.87. The molecule has 0 aliphatic carbocycles. The molecule has 12 rings (SSSR count). The topological polar surface area (TPSA) is 9.86 Å². The zero-order chi connectivity index (χ0) is 34.6. The Morgan fingerprint density at radius 3 is 1.72 bits per heavy atom. The van der Waals surface area contributed by atoms with Crippen molar-refractivity contribution >= 4 is 96.7 Å². The second-order valence-electron chi connectivity index (χ2n) is 14.1. The normalized spacial score (nSPS) is 12.2. The number of thiophene rings is 1. The first-order valence-electron chi connectivity index (χ1n) is 18.2. The molecule has 0 N–H and O–H groups in total. The first-order chi connectivity index (χ1) is 26.3. The predicted molar refractivity (Wildman–Crippen MR) is 228 cm³/mol. The summed E-state index contributed by atoms with van der Waals surface area (Å²) in [6.07, 6.45) is 0. The highest BCUT2D eigenvalue weighted by atomic mass is 32.1. The highest BCUT2D eigenvalue weighted by Crippen LogP contribution is 2.41. The Labute approximate surface area is 309 Å². The first kappa shape index (κ1) is 29.0. The van der Waals surface area contributed by atoms with Crippen LogP contribution in [0.1, 0.15) is 0 Å². The zero-order valence-electron chi connectivity index (χ0n) is 28.6. The molecule has 2 nitrogen and oxygen atoms in total. The minimum Gasteiger partial charge on any atom is -0.309 e. The van der Waals surface area contributed by atoms with Crippen LogP contribution in [-0.4, -0.2) is 9.13 Å². The van der Waals surface area contributed by atoms with Gasteiger partial charge in [0.25, 0.3) is 0 Å². The van der Waals surface area contributed by atoms with Gasteiger partial charge in [-0.2, -0.15) is 0 Å². The molecule has 0 spiro atoms. The molecule has 0 saturated heterocycles. The number of para-hydroxylation sites is 1. The van der Waals surface area contributed by atoms with E-state index in [1.54, 1.807) is 0 Å². The third-order valence-corrected chi connectivity index (χ3v) is 12.4. The SMILES string of the molecule is c1ccc2cc3c(cc2c1)c1cc(-c2ccc4c(c2)c2ccccc2n4-c2cccc4ccccc24)ccc1n3-c1ccc2sc3ccccc3c2c1. The van der Waals surface area contributed by atoms with Gasteiger partial charge in [0.05, 0.1) is 27.8 Å². The number of rotatable bonds is 3. The highest BCUT2D eigenvalue weighted by molar-refractivity contribution is 7.25. The average molecular weight is 691 g/mol. The van der Waals surface area contributed by atoms with Crippen molar-refractivity contribution in [2.75, 3.05) is 0 Å². The van der Waals surface area contributed by atoms with Gasteiger partial charge in [-0.25, -0.2) is 0 Å². The number of nitrogens with zero attached hydrogens (tertiary/aromatic N) is 2. The maximum Gasteiger partial charge on any atom is 0.0547 e. The number of hydrogen-bond donors (Lipinski definition) is 0. The fourth-order valence-corrected chi connectivity index (χ4v) is 9.92. The van der Waals surface area contributed by atoms with Crippen LogP contribution in [0.15, 0.2) is 182 Å². The van der Waals surface area contributed by atoms with Crippen LogP contribution in [0.25, 0.3) is 108 Å². The lowest BCUT2D eigenvalue weighted by Gasteiger charge is -2.12. The van der Waals surface area contributed by atoms with E-state index < -0.39 is 0 Å². The van der Waals surface area contributed by atoms with Gasteiger partial charge < -0.3 is 9.13 Å². The van der Waals surface area contributed by atoms with E-state index in [4.69, 9.17) is 0 Å². The molecular weight excluding hydrogens is 661 g/mol. The third kappa shape index (κ3) is 4.20. The van der Waals surface area contributed by atoms with E-state index in [1.807, 2.05) is 11.3 Å². The lowest BCUT2D eigenvalue weighted by molar-refractivity contribution is 1.19. The Morgan fingerprint density at radius 2 is 0.887 bits per heavy atom. The summed E-state index contributed by atoms with van der Waals surface area (Å²) in [5.41, 5.74) is 9.70. The summed E-state index contributed by atoms with van der Waals surface area (Å²) < 4.78 is 7.55. The van der Waals surface area contributed by atoms with Gasteiger partial charge in [-0.3, -0.25) is 0 Å². The molecular formula is C50H30N2S. The molecule has 9 aromatic carbocycles. The number of hydrogen-bond acceptors (Lipinski definition) is 1. The summed E-state index contributed by atoms with van der Waals surface area (Å²) in [6.45, 7) is 0. The van der Waals surface area contributed by atoms with Crippen molar-refractivity contribution in [2.45, 2.75) is 0 Å². The van der Waals surface area contributed by atoms with Gasteiger partial charge >= 0.3 is 0 Å². The van der Waals surface area contributed by atoms with Gasteiger partial charge in [0, 0.05) is 52.8 Å². The lowest BCUT2D eigenvalue weighted by atomic mass is 10.00. The van der Waals surface area contributed by atoms with E-state index >= 15 is 0 Å². The van der Waals surface area contributed by atoms with Crippen molar-refractivity contribution in [1.82, 2.24) is 9.13 Å². The van der Waals surface area contributed by atoms with E-state index in [0.29, 0.717) is 0 Å². The van der Waals surface area contributed by atoms with E-state index in [9.17, 15) is 0 Å². The summed E-state index contributed by atoms with van der Waals surface area (Å²) in [7, 11) is 0. The van der Waals surface area contributed by atoms with Crippen LogP contribution in [0.4, 0.5) is 0 Å². The van der Waals surface area contributed by atoms with Crippen LogP contribution < -0.4 is 0 Å². The standard InChI is InChI=1S/C50H30N2S/c1-2-12-33-29-48-42(26-32(33)11-1)41-28-35(20-23-46(41)51(48)36-22-25-50-43(30-36)39-16-6-8-19-49(39)53-50)34-21-24-47-40(27-34)38-15-5-7-17-45(38)52(47)44-18-9-13-31-10-3-4-14-37(31)44/h1-30H. The molecule has 12 aromatic rings. The molecule has 0 unspecified atom stereocenters. The van der Waals surface area contributed by atoms with Gasteiger partial charge in [0.1, 0.15) is 0 Å². The monoisotopic (exact) mass is 690 g/mol. The van der Waals surface area contributed by atoms with Crippen molar-refractivity contribution in [1.29, 1.82) is 0 Å². The van der Waals surface area contributed by atoms with Crippen molar-refractivity contribution in [2.24, 2.45) is 0 Å². The van der Waals surface area contributed by atoms with Crippen LogP contribution in [0, 0.1) is 0 Å². The maximum absolute atomic E-state index is 2.47. The van der Waals surface area contributed by atoms with Crippen LogP contribution in [0.3, 0.4) is 0 Å². The summed E-state index contributed by atoms with van der Waals surface area (Å²) in [5, 5.41) is 12.7. The fraction of sp³-hybridized carbons (Fsp3) is 0. The average Bonchev–Trinajstić information content (AvgIpc) is 3.86. The highest BCUT2D eigenvalue weighted by Gasteiger charge is 2.18. The summed E-state index contributed by atoms with van der Waals surface area (Å²) in [4.78, 5) is 0. The van der Waals surface area contributed by atoms with E-state index in [0.717, 1.165) is 0 Å². The molecule has 3 aromatic heterocycles. The van der Waals surface area contributed by atoms with Crippen LogP contribution in [-0.2, 0) is 0 Å². The van der Waals surface area contributed by atoms with Crippen LogP contribution >= 0.6 is 11.3 Å². The molecule has 0 aliphatic heterocycles. The van der Waals surface area contributed by atoms with Crippen LogP contribution in [0.2, 0.25) is 0 Å². The fourth-order valence-electron chi connectivity index (χ4n) is 8.83. The van der Waals surface area contributed by atoms with Gasteiger partial charge in [0.15, 0.2) is 0 Å². The third-order valence-electron chi connectivity index (χ3n) is 11.3. The molecule has 0 amide bonds. The van der Waals surface area contributed by atoms with Crippen molar-refractivity contribution in [3.63, 3.8) is 0 Å². The van der Waals surface area contributed by atoms with E-state index in [-0.39, 0.29) is 0 Å². The molecule has 246 valence electrons. The number of aromatic nitrogens is 2. The van der Waals surface area contributed by atoms with E-state index in [1.165, 1.54) is 108 Å². The van der Waals surface area contributed by atoms with E-state index in [2.05, 4.69) is 191 Å². The van der Waals surface area contributed by atoms with Crippen LogP contribution in [0.5, 0.6) is 0 Å². The quantitative estimate of drug-likeness (QED) is 0.175. The van der Waals surface area contributed by atoms with Gasteiger partial charge in [-0.15, -0.1) is 11.3 Å².